The van der Waals surface area contributed by atoms with Crippen LogP contribution in [0.4, 0.5) is 5.00 Å². The van der Waals surface area contributed by atoms with Crippen molar-refractivity contribution >= 4 is 22.4 Å². The highest BCUT2D eigenvalue weighted by Gasteiger charge is 1.97. The number of rotatable bonds is 1. The fraction of sp³-hybridized carbons (Fsp3) is 0.333. The number of hydrogen-bond donors (Lipinski definition) is 1. The summed E-state index contributed by atoms with van der Waals surface area (Å²) in [6.45, 7) is 3.37. The maximum atomic E-state index is 10.5. The second-order valence-electron chi connectivity index (χ2n) is 2.01. The summed E-state index contributed by atoms with van der Waals surface area (Å²) in [7, 11) is 0. The Balaban J connectivity index is 2.67. The summed E-state index contributed by atoms with van der Waals surface area (Å²) in [5.41, 5.74) is 0.939. The zero-order chi connectivity index (χ0) is 7.56. The molecule has 0 saturated carbocycles. The first-order chi connectivity index (χ1) is 4.68. The second kappa shape index (κ2) is 2.79. The van der Waals surface area contributed by atoms with Gasteiger partial charge in [0, 0.05) is 6.92 Å². The van der Waals surface area contributed by atoms with Gasteiger partial charge in [-0.15, -0.1) is 0 Å². The van der Waals surface area contributed by atoms with Crippen LogP contribution in [0.5, 0.6) is 0 Å². The van der Waals surface area contributed by atoms with Crippen LogP contribution < -0.4 is 5.32 Å². The summed E-state index contributed by atoms with van der Waals surface area (Å²) in [5, 5.41) is 3.45. The van der Waals surface area contributed by atoms with Gasteiger partial charge in [0.05, 0.1) is 5.69 Å². The van der Waals surface area contributed by atoms with E-state index >= 15 is 0 Å². The third kappa shape index (κ3) is 1.80. The van der Waals surface area contributed by atoms with Gasteiger partial charge in [0.25, 0.3) is 0 Å². The number of hydrogen-bond acceptors (Lipinski definition) is 3. The Kier molecular flexibility index (Phi) is 2.01. The van der Waals surface area contributed by atoms with Crippen molar-refractivity contribution in [1.82, 2.24) is 4.37 Å². The molecule has 0 aliphatic heterocycles. The highest BCUT2D eigenvalue weighted by Crippen LogP contribution is 2.14. The molecule has 1 aromatic rings. The molecule has 4 heteroatoms. The predicted octanol–water partition coefficient (Wildman–Crippen LogP) is 1.41. The molecule has 3 nitrogen and oxygen atoms in total. The quantitative estimate of drug-likeness (QED) is 0.668. The molecular formula is C6H8N2OS. The predicted molar refractivity (Wildman–Crippen MR) is 41.2 cm³/mol. The number of nitrogens with zero attached hydrogens (tertiary/aromatic N) is 1. The molecule has 1 rings (SSSR count). The van der Waals surface area contributed by atoms with Gasteiger partial charge in [-0.05, 0) is 24.5 Å². The van der Waals surface area contributed by atoms with Crippen LogP contribution in [-0.2, 0) is 4.79 Å². The first kappa shape index (κ1) is 7.21. The lowest BCUT2D eigenvalue weighted by molar-refractivity contribution is -0.114. The van der Waals surface area contributed by atoms with E-state index in [-0.39, 0.29) is 5.91 Å². The minimum absolute atomic E-state index is 0.0522. The molecule has 0 aromatic carbocycles. The number of aromatic nitrogens is 1. The Labute approximate surface area is 63.2 Å². The van der Waals surface area contributed by atoms with Crippen LogP contribution in [0.1, 0.15) is 12.6 Å². The molecule has 0 bridgehead atoms. The van der Waals surface area contributed by atoms with Crippen molar-refractivity contribution in [3.05, 3.63) is 11.8 Å². The van der Waals surface area contributed by atoms with Crippen molar-refractivity contribution in [3.8, 4) is 0 Å². The second-order valence-corrected chi connectivity index (χ2v) is 2.82. The lowest BCUT2D eigenvalue weighted by Gasteiger charge is -1.91. The Morgan fingerprint density at radius 2 is 2.50 bits per heavy atom. The molecule has 1 aromatic heterocycles. The van der Waals surface area contributed by atoms with E-state index in [2.05, 4.69) is 9.69 Å². The van der Waals surface area contributed by atoms with E-state index in [1.54, 1.807) is 0 Å². The Bertz CT molecular complexity index is 244. The van der Waals surface area contributed by atoms with Crippen molar-refractivity contribution in [2.24, 2.45) is 0 Å². The van der Waals surface area contributed by atoms with Crippen LogP contribution >= 0.6 is 11.5 Å². The first-order valence-corrected chi connectivity index (χ1v) is 3.67. The van der Waals surface area contributed by atoms with Crippen LogP contribution in [-0.4, -0.2) is 10.3 Å². The maximum Gasteiger partial charge on any atom is 0.221 e. The zero-order valence-electron chi connectivity index (χ0n) is 5.84. The van der Waals surface area contributed by atoms with Gasteiger partial charge in [0.1, 0.15) is 5.00 Å². The van der Waals surface area contributed by atoms with Gasteiger partial charge in [-0.1, -0.05) is 0 Å². The number of aryl methyl sites for hydroxylation is 1. The molecule has 0 aliphatic carbocycles. The topological polar surface area (TPSA) is 42.0 Å². The molecule has 0 saturated heterocycles. The molecule has 0 radical (unpaired) electrons. The van der Waals surface area contributed by atoms with E-state index in [0.717, 1.165) is 10.7 Å². The smallest absolute Gasteiger partial charge is 0.221 e. The highest BCUT2D eigenvalue weighted by atomic mass is 32.1. The summed E-state index contributed by atoms with van der Waals surface area (Å²) in [4.78, 5) is 10.5. The molecule has 1 N–H and O–H groups in total. The van der Waals surface area contributed by atoms with Gasteiger partial charge >= 0.3 is 0 Å². The van der Waals surface area contributed by atoms with E-state index in [9.17, 15) is 4.79 Å². The monoisotopic (exact) mass is 156 g/mol. The number of amides is 1. The molecule has 10 heavy (non-hydrogen) atoms. The van der Waals surface area contributed by atoms with Crippen LogP contribution in [0.3, 0.4) is 0 Å². The first-order valence-electron chi connectivity index (χ1n) is 2.89. The lowest BCUT2D eigenvalue weighted by atomic mass is 10.5. The van der Waals surface area contributed by atoms with Gasteiger partial charge in [-0.2, -0.15) is 4.37 Å². The van der Waals surface area contributed by atoms with Gasteiger partial charge in [-0.3, -0.25) is 4.79 Å². The fourth-order valence-electron chi connectivity index (χ4n) is 0.596. The number of carbonyl (C=O) groups is 1. The van der Waals surface area contributed by atoms with Crippen LogP contribution in [0, 0.1) is 6.92 Å². The van der Waals surface area contributed by atoms with Gasteiger partial charge in [-0.25, -0.2) is 0 Å². The normalized spacial score (nSPS) is 9.40. The molecule has 0 spiro atoms. The van der Waals surface area contributed by atoms with Crippen molar-refractivity contribution in [2.45, 2.75) is 13.8 Å². The van der Waals surface area contributed by atoms with Crippen molar-refractivity contribution < 1.29 is 4.79 Å². The molecule has 54 valence electrons. The van der Waals surface area contributed by atoms with Crippen molar-refractivity contribution in [1.29, 1.82) is 0 Å². The molecular weight excluding hydrogens is 148 g/mol. The van der Waals surface area contributed by atoms with Crippen LogP contribution in [0.2, 0.25) is 0 Å². The van der Waals surface area contributed by atoms with E-state index in [4.69, 9.17) is 0 Å². The minimum Gasteiger partial charge on any atom is -0.317 e. The largest absolute Gasteiger partial charge is 0.317 e. The minimum atomic E-state index is -0.0522. The number of carbonyl (C=O) groups excluding carboxylic acids is 1. The Morgan fingerprint density at radius 1 is 1.80 bits per heavy atom. The lowest BCUT2D eigenvalue weighted by Crippen LogP contribution is -2.03. The molecule has 0 fully saturated rings. The van der Waals surface area contributed by atoms with Crippen LogP contribution in [0.25, 0.3) is 0 Å². The van der Waals surface area contributed by atoms with E-state index in [0.29, 0.717) is 0 Å². The molecule has 0 atom stereocenters. The zero-order valence-corrected chi connectivity index (χ0v) is 6.66. The molecule has 1 amide bonds. The highest BCUT2D eigenvalue weighted by molar-refractivity contribution is 7.10. The molecule has 0 unspecified atom stereocenters. The van der Waals surface area contributed by atoms with Gasteiger partial charge in [0.15, 0.2) is 0 Å². The summed E-state index contributed by atoms with van der Waals surface area (Å²) in [6.07, 6.45) is 0. The number of nitrogens with one attached hydrogen (secondary N) is 1. The van der Waals surface area contributed by atoms with Crippen LogP contribution in [0.15, 0.2) is 6.07 Å². The summed E-state index contributed by atoms with van der Waals surface area (Å²) < 4.78 is 4.00. The van der Waals surface area contributed by atoms with E-state index in [1.807, 2.05) is 13.0 Å². The third-order valence-corrected chi connectivity index (χ3v) is 1.72. The average Bonchev–Trinajstić information content (AvgIpc) is 2.13. The van der Waals surface area contributed by atoms with E-state index < -0.39 is 0 Å². The SMILES string of the molecule is CC(=O)Nc1cc(C)ns1. The third-order valence-electron chi connectivity index (χ3n) is 0.927. The van der Waals surface area contributed by atoms with Crippen molar-refractivity contribution in [2.75, 3.05) is 5.32 Å². The maximum absolute atomic E-state index is 10.5. The Hall–Kier alpha value is -0.900. The molecule has 1 heterocycles. The number of anilines is 1. The van der Waals surface area contributed by atoms with E-state index in [1.165, 1.54) is 18.5 Å². The van der Waals surface area contributed by atoms with Crippen molar-refractivity contribution in [3.63, 3.8) is 0 Å². The van der Waals surface area contributed by atoms with Gasteiger partial charge in [0.2, 0.25) is 5.91 Å². The standard InChI is InChI=1S/C6H8N2OS/c1-4-3-6(10-8-4)7-5(2)9/h3H,1-2H3,(H,7,9). The Morgan fingerprint density at radius 3 is 2.90 bits per heavy atom. The average molecular weight is 156 g/mol. The summed E-state index contributed by atoms with van der Waals surface area (Å²) in [5.74, 6) is -0.0522. The fourth-order valence-corrected chi connectivity index (χ4v) is 1.30. The molecule has 0 aliphatic rings. The van der Waals surface area contributed by atoms with Gasteiger partial charge < -0.3 is 5.32 Å². The summed E-state index contributed by atoms with van der Waals surface area (Å²) in [6, 6.07) is 1.84. The summed E-state index contributed by atoms with van der Waals surface area (Å²) >= 11 is 1.30.